The van der Waals surface area contributed by atoms with E-state index >= 15 is 0 Å². The van der Waals surface area contributed by atoms with Crippen molar-refractivity contribution < 1.29 is 5.11 Å². The number of aliphatic hydroxyl groups is 1. The van der Waals surface area contributed by atoms with Gasteiger partial charge < -0.3 is 10.0 Å². The Morgan fingerprint density at radius 1 is 1.60 bits per heavy atom. The van der Waals surface area contributed by atoms with Crippen molar-refractivity contribution in [2.24, 2.45) is 0 Å². The van der Waals surface area contributed by atoms with Gasteiger partial charge in [-0.1, -0.05) is 18.2 Å². The average molecular weight is 203 g/mol. The van der Waals surface area contributed by atoms with Crippen molar-refractivity contribution >= 4 is 5.69 Å². The first-order valence-electron chi connectivity index (χ1n) is 5.35. The Morgan fingerprint density at radius 2 is 2.40 bits per heavy atom. The van der Waals surface area contributed by atoms with Gasteiger partial charge in [-0.25, -0.2) is 0 Å². The molecule has 0 saturated carbocycles. The predicted octanol–water partition coefficient (Wildman–Crippen LogP) is 2.29. The highest BCUT2D eigenvalue weighted by Crippen LogP contribution is 2.30. The molecule has 2 rings (SSSR count). The lowest BCUT2D eigenvalue weighted by Gasteiger charge is -2.14. The maximum atomic E-state index is 9.83. The minimum absolute atomic E-state index is 0.404. The van der Waals surface area contributed by atoms with Crippen LogP contribution in [-0.2, 0) is 6.42 Å². The van der Waals surface area contributed by atoms with Gasteiger partial charge >= 0.3 is 0 Å². The number of aliphatic hydroxyl groups excluding tert-OH is 1. The topological polar surface area (TPSA) is 23.5 Å². The molecule has 1 aliphatic rings. The smallest absolute Gasteiger partial charge is 0.0824 e. The van der Waals surface area contributed by atoms with Gasteiger partial charge in [-0.15, -0.1) is 6.58 Å². The van der Waals surface area contributed by atoms with Gasteiger partial charge in [0.25, 0.3) is 0 Å². The van der Waals surface area contributed by atoms with Crippen molar-refractivity contribution in [2.75, 3.05) is 18.5 Å². The van der Waals surface area contributed by atoms with Crippen LogP contribution in [-0.4, -0.2) is 18.7 Å². The lowest BCUT2D eigenvalue weighted by molar-refractivity contribution is 0.181. The first-order valence-corrected chi connectivity index (χ1v) is 5.35. The van der Waals surface area contributed by atoms with Crippen LogP contribution in [0.15, 0.2) is 30.9 Å². The fraction of sp³-hybridized carbons (Fsp3) is 0.385. The molecule has 0 saturated heterocycles. The molecule has 0 radical (unpaired) electrons. The molecule has 0 aromatic heterocycles. The molecule has 1 atom stereocenters. The van der Waals surface area contributed by atoms with Crippen LogP contribution < -0.4 is 4.90 Å². The number of hydrogen-bond acceptors (Lipinski definition) is 2. The Balaban J connectivity index is 2.26. The minimum Gasteiger partial charge on any atom is -0.388 e. The van der Waals surface area contributed by atoms with Crippen molar-refractivity contribution in [3.63, 3.8) is 0 Å². The van der Waals surface area contributed by atoms with E-state index in [-0.39, 0.29) is 0 Å². The fourth-order valence-electron chi connectivity index (χ4n) is 2.09. The molecule has 1 unspecified atom stereocenters. The van der Waals surface area contributed by atoms with E-state index in [0.29, 0.717) is 6.42 Å². The second kappa shape index (κ2) is 4.07. The fourth-order valence-corrected chi connectivity index (χ4v) is 2.09. The van der Waals surface area contributed by atoms with E-state index in [0.717, 1.165) is 18.5 Å². The second-order valence-electron chi connectivity index (χ2n) is 4.10. The number of anilines is 1. The van der Waals surface area contributed by atoms with E-state index in [9.17, 15) is 5.11 Å². The van der Waals surface area contributed by atoms with Gasteiger partial charge in [0.2, 0.25) is 0 Å². The molecule has 1 aromatic carbocycles. The highest BCUT2D eigenvalue weighted by atomic mass is 16.3. The number of rotatable bonds is 3. The number of likely N-dealkylation sites (N-methyl/N-ethyl adjacent to an activating group) is 1. The average Bonchev–Trinajstić information content (AvgIpc) is 2.60. The van der Waals surface area contributed by atoms with E-state index in [1.165, 1.54) is 11.3 Å². The Kier molecular flexibility index (Phi) is 2.78. The predicted molar refractivity (Wildman–Crippen MR) is 63.2 cm³/mol. The number of hydrogen-bond donors (Lipinski definition) is 1. The van der Waals surface area contributed by atoms with E-state index in [2.05, 4.69) is 30.7 Å². The normalized spacial score (nSPS) is 16.3. The largest absolute Gasteiger partial charge is 0.388 e. The van der Waals surface area contributed by atoms with Crippen molar-refractivity contribution in [2.45, 2.75) is 18.9 Å². The molecule has 0 fully saturated rings. The summed E-state index contributed by atoms with van der Waals surface area (Å²) in [4.78, 5) is 2.25. The molecular weight excluding hydrogens is 186 g/mol. The van der Waals surface area contributed by atoms with Crippen LogP contribution in [0, 0.1) is 0 Å². The molecular formula is C13H17NO. The van der Waals surface area contributed by atoms with Gasteiger partial charge in [-0.3, -0.25) is 0 Å². The van der Waals surface area contributed by atoms with Gasteiger partial charge in [0.15, 0.2) is 0 Å². The molecule has 1 N–H and O–H groups in total. The van der Waals surface area contributed by atoms with Gasteiger partial charge in [0, 0.05) is 19.3 Å². The summed E-state index contributed by atoms with van der Waals surface area (Å²) >= 11 is 0. The summed E-state index contributed by atoms with van der Waals surface area (Å²) in [5, 5.41) is 9.83. The zero-order chi connectivity index (χ0) is 10.8. The second-order valence-corrected chi connectivity index (χ2v) is 4.10. The first-order chi connectivity index (χ1) is 7.22. The van der Waals surface area contributed by atoms with Crippen LogP contribution in [0.3, 0.4) is 0 Å². The standard InChI is InChI=1S/C13H17NO/c1-3-4-13(15)11-5-6-12-10(9-11)7-8-14(12)2/h3,5-6,9,13,15H,1,4,7-8H2,2H3. The minimum atomic E-state index is -0.404. The summed E-state index contributed by atoms with van der Waals surface area (Å²) in [6, 6.07) is 6.23. The third-order valence-corrected chi connectivity index (χ3v) is 3.01. The van der Waals surface area contributed by atoms with Crippen molar-refractivity contribution in [1.82, 2.24) is 0 Å². The summed E-state index contributed by atoms with van der Waals surface area (Å²) in [6.45, 7) is 4.72. The maximum absolute atomic E-state index is 9.83. The molecule has 15 heavy (non-hydrogen) atoms. The number of fused-ring (bicyclic) bond motifs is 1. The maximum Gasteiger partial charge on any atom is 0.0824 e. The third-order valence-electron chi connectivity index (χ3n) is 3.01. The lowest BCUT2D eigenvalue weighted by atomic mass is 10.0. The van der Waals surface area contributed by atoms with E-state index < -0.39 is 6.10 Å². The van der Waals surface area contributed by atoms with Crippen LogP contribution in [0.5, 0.6) is 0 Å². The molecule has 0 aliphatic carbocycles. The number of nitrogens with zero attached hydrogens (tertiary/aromatic N) is 1. The summed E-state index contributed by atoms with van der Waals surface area (Å²) in [6.07, 6.45) is 3.05. The highest BCUT2D eigenvalue weighted by Gasteiger charge is 2.17. The van der Waals surface area contributed by atoms with E-state index in [1.54, 1.807) is 6.08 Å². The Labute approximate surface area is 90.8 Å². The molecule has 0 bridgehead atoms. The quantitative estimate of drug-likeness (QED) is 0.762. The SMILES string of the molecule is C=CCC(O)c1ccc2c(c1)CCN2C. The molecule has 2 nitrogen and oxygen atoms in total. The molecule has 2 heteroatoms. The molecule has 1 aromatic rings. The molecule has 1 aliphatic heterocycles. The first kappa shape index (κ1) is 10.2. The van der Waals surface area contributed by atoms with Crippen LogP contribution >= 0.6 is 0 Å². The summed E-state index contributed by atoms with van der Waals surface area (Å²) < 4.78 is 0. The summed E-state index contributed by atoms with van der Waals surface area (Å²) in [7, 11) is 2.10. The zero-order valence-electron chi connectivity index (χ0n) is 9.11. The molecule has 80 valence electrons. The van der Waals surface area contributed by atoms with E-state index in [1.807, 2.05) is 6.07 Å². The van der Waals surface area contributed by atoms with Gasteiger partial charge in [0.05, 0.1) is 6.10 Å². The van der Waals surface area contributed by atoms with Gasteiger partial charge in [-0.05, 0) is 30.0 Å². The van der Waals surface area contributed by atoms with Crippen molar-refractivity contribution in [3.05, 3.63) is 42.0 Å². The van der Waals surface area contributed by atoms with Gasteiger partial charge in [-0.2, -0.15) is 0 Å². The zero-order valence-corrected chi connectivity index (χ0v) is 9.11. The highest BCUT2D eigenvalue weighted by molar-refractivity contribution is 5.58. The molecule has 0 spiro atoms. The Bertz CT molecular complexity index is 373. The van der Waals surface area contributed by atoms with Gasteiger partial charge in [0.1, 0.15) is 0 Å². The third kappa shape index (κ3) is 1.90. The van der Waals surface area contributed by atoms with Crippen molar-refractivity contribution in [3.8, 4) is 0 Å². The van der Waals surface area contributed by atoms with E-state index in [4.69, 9.17) is 0 Å². The van der Waals surface area contributed by atoms with Crippen LogP contribution in [0.1, 0.15) is 23.7 Å². The lowest BCUT2D eigenvalue weighted by Crippen LogP contribution is -2.12. The van der Waals surface area contributed by atoms with Crippen LogP contribution in [0.4, 0.5) is 5.69 Å². The number of benzene rings is 1. The molecule has 1 heterocycles. The van der Waals surface area contributed by atoms with Crippen LogP contribution in [0.25, 0.3) is 0 Å². The van der Waals surface area contributed by atoms with Crippen molar-refractivity contribution in [1.29, 1.82) is 0 Å². The Morgan fingerprint density at radius 3 is 3.13 bits per heavy atom. The monoisotopic (exact) mass is 203 g/mol. The Hall–Kier alpha value is -1.28. The summed E-state index contributed by atoms with van der Waals surface area (Å²) in [5.41, 5.74) is 3.65. The summed E-state index contributed by atoms with van der Waals surface area (Å²) in [5.74, 6) is 0. The molecule has 0 amide bonds. The van der Waals surface area contributed by atoms with Crippen LogP contribution in [0.2, 0.25) is 0 Å².